The summed E-state index contributed by atoms with van der Waals surface area (Å²) in [4.78, 5) is 14.3. The molecule has 0 aliphatic heterocycles. The van der Waals surface area contributed by atoms with E-state index in [1.807, 2.05) is 44.4 Å². The average molecular weight is 248 g/mol. The molecule has 0 saturated heterocycles. The maximum Gasteiger partial charge on any atom is 0.227 e. The molecule has 0 radical (unpaired) electrons. The first kappa shape index (κ1) is 14.7. The molecular formula is C15H24N2O. The van der Waals surface area contributed by atoms with E-state index in [0.29, 0.717) is 0 Å². The number of nitrogens with zero attached hydrogens (tertiary/aromatic N) is 1. The van der Waals surface area contributed by atoms with E-state index < -0.39 is 0 Å². The fourth-order valence-electron chi connectivity index (χ4n) is 1.89. The Labute approximate surface area is 110 Å². The quantitative estimate of drug-likeness (QED) is 0.802. The molecule has 1 rings (SSSR count). The van der Waals surface area contributed by atoms with Crippen molar-refractivity contribution in [1.82, 2.24) is 10.2 Å². The topological polar surface area (TPSA) is 32.3 Å². The molecule has 1 aromatic rings. The Balaban J connectivity index is 2.71. The lowest BCUT2D eigenvalue weighted by Gasteiger charge is -2.19. The molecule has 0 bridgehead atoms. The van der Waals surface area contributed by atoms with Crippen molar-refractivity contribution < 1.29 is 4.79 Å². The van der Waals surface area contributed by atoms with E-state index in [-0.39, 0.29) is 11.8 Å². The van der Waals surface area contributed by atoms with Crippen molar-refractivity contribution in [2.75, 3.05) is 27.2 Å². The van der Waals surface area contributed by atoms with Gasteiger partial charge in [0.05, 0.1) is 5.92 Å². The molecule has 0 fully saturated rings. The second-order valence-corrected chi connectivity index (χ2v) is 4.85. The second kappa shape index (κ2) is 7.88. The summed E-state index contributed by atoms with van der Waals surface area (Å²) < 4.78 is 0. The lowest BCUT2D eigenvalue weighted by molar-refractivity contribution is -0.122. The van der Waals surface area contributed by atoms with Crippen LogP contribution in [0.2, 0.25) is 0 Å². The van der Waals surface area contributed by atoms with Crippen molar-refractivity contribution in [2.45, 2.75) is 25.7 Å². The van der Waals surface area contributed by atoms with Crippen molar-refractivity contribution in [3.05, 3.63) is 35.9 Å². The van der Waals surface area contributed by atoms with Gasteiger partial charge in [0, 0.05) is 6.54 Å². The van der Waals surface area contributed by atoms with Gasteiger partial charge in [-0.3, -0.25) is 4.79 Å². The number of hydrogen-bond acceptors (Lipinski definition) is 2. The van der Waals surface area contributed by atoms with Crippen LogP contribution in [0.1, 0.15) is 31.2 Å². The lowest BCUT2D eigenvalue weighted by atomic mass is 9.94. The van der Waals surface area contributed by atoms with Gasteiger partial charge in [-0.05, 0) is 39.0 Å². The van der Waals surface area contributed by atoms with E-state index in [2.05, 4.69) is 17.1 Å². The SMILES string of the molecule is CCCNC(=O)C(CCN(C)C)c1ccccc1. The third kappa shape index (κ3) is 4.88. The van der Waals surface area contributed by atoms with Gasteiger partial charge in [0.15, 0.2) is 0 Å². The van der Waals surface area contributed by atoms with Gasteiger partial charge in [-0.2, -0.15) is 0 Å². The van der Waals surface area contributed by atoms with Crippen molar-refractivity contribution in [1.29, 1.82) is 0 Å². The Hall–Kier alpha value is -1.35. The molecule has 0 heterocycles. The number of nitrogens with one attached hydrogen (secondary N) is 1. The molecule has 0 aromatic heterocycles. The number of carbonyl (C=O) groups is 1. The zero-order valence-electron chi connectivity index (χ0n) is 11.6. The molecular weight excluding hydrogens is 224 g/mol. The lowest BCUT2D eigenvalue weighted by Crippen LogP contribution is -2.31. The van der Waals surface area contributed by atoms with Crippen molar-refractivity contribution in [2.24, 2.45) is 0 Å². The summed E-state index contributed by atoms with van der Waals surface area (Å²) in [6, 6.07) is 10.0. The van der Waals surface area contributed by atoms with Gasteiger partial charge < -0.3 is 10.2 Å². The van der Waals surface area contributed by atoms with Gasteiger partial charge in [0.1, 0.15) is 0 Å². The summed E-state index contributed by atoms with van der Waals surface area (Å²) >= 11 is 0. The highest BCUT2D eigenvalue weighted by atomic mass is 16.1. The Morgan fingerprint density at radius 1 is 1.28 bits per heavy atom. The summed E-state index contributed by atoms with van der Waals surface area (Å²) in [6.45, 7) is 3.74. The predicted molar refractivity (Wildman–Crippen MR) is 75.7 cm³/mol. The summed E-state index contributed by atoms with van der Waals surface area (Å²) in [5, 5.41) is 3.00. The molecule has 3 heteroatoms. The minimum absolute atomic E-state index is 0.0415. The second-order valence-electron chi connectivity index (χ2n) is 4.85. The van der Waals surface area contributed by atoms with E-state index in [4.69, 9.17) is 0 Å². The fraction of sp³-hybridized carbons (Fsp3) is 0.533. The summed E-state index contributed by atoms with van der Waals surface area (Å²) in [5.74, 6) is 0.102. The highest BCUT2D eigenvalue weighted by Crippen LogP contribution is 2.19. The standard InChI is InChI=1S/C15H24N2O/c1-4-11-16-15(18)14(10-12-17(2)3)13-8-6-5-7-9-13/h5-9,14H,4,10-12H2,1-3H3,(H,16,18). The number of amides is 1. The molecule has 3 nitrogen and oxygen atoms in total. The van der Waals surface area contributed by atoms with E-state index in [1.165, 1.54) is 0 Å². The summed E-state index contributed by atoms with van der Waals surface area (Å²) in [6.07, 6.45) is 1.83. The van der Waals surface area contributed by atoms with Gasteiger partial charge in [-0.1, -0.05) is 37.3 Å². The molecule has 1 unspecified atom stereocenters. The first-order chi connectivity index (χ1) is 8.65. The molecule has 0 aliphatic carbocycles. The van der Waals surface area contributed by atoms with Crippen LogP contribution in [-0.4, -0.2) is 38.0 Å². The largest absolute Gasteiger partial charge is 0.356 e. The maximum absolute atomic E-state index is 12.2. The van der Waals surface area contributed by atoms with Crippen LogP contribution in [-0.2, 0) is 4.79 Å². The smallest absolute Gasteiger partial charge is 0.227 e. The molecule has 0 saturated carbocycles. The van der Waals surface area contributed by atoms with Crippen LogP contribution in [0.15, 0.2) is 30.3 Å². The summed E-state index contributed by atoms with van der Waals surface area (Å²) in [7, 11) is 4.07. The van der Waals surface area contributed by atoms with Crippen molar-refractivity contribution in [3.63, 3.8) is 0 Å². The zero-order valence-corrected chi connectivity index (χ0v) is 11.6. The van der Waals surface area contributed by atoms with Crippen molar-refractivity contribution in [3.8, 4) is 0 Å². The van der Waals surface area contributed by atoms with Crippen LogP contribution in [0.5, 0.6) is 0 Å². The Bertz CT molecular complexity index is 349. The number of carbonyl (C=O) groups excluding carboxylic acids is 1. The Morgan fingerprint density at radius 3 is 2.50 bits per heavy atom. The molecule has 18 heavy (non-hydrogen) atoms. The highest BCUT2D eigenvalue weighted by molar-refractivity contribution is 5.83. The monoisotopic (exact) mass is 248 g/mol. The van der Waals surface area contributed by atoms with Crippen LogP contribution < -0.4 is 5.32 Å². The van der Waals surface area contributed by atoms with E-state index in [9.17, 15) is 4.79 Å². The normalized spacial score (nSPS) is 12.4. The van der Waals surface area contributed by atoms with Gasteiger partial charge in [-0.25, -0.2) is 0 Å². The van der Waals surface area contributed by atoms with Crippen molar-refractivity contribution >= 4 is 5.91 Å². The number of hydrogen-bond donors (Lipinski definition) is 1. The molecule has 0 spiro atoms. The predicted octanol–water partition coefficient (Wildman–Crippen LogP) is 2.25. The van der Waals surface area contributed by atoms with Gasteiger partial charge in [-0.15, -0.1) is 0 Å². The van der Waals surface area contributed by atoms with Crippen LogP contribution in [0.25, 0.3) is 0 Å². The minimum atomic E-state index is -0.0415. The molecule has 1 aromatic carbocycles. The van der Waals surface area contributed by atoms with Crippen LogP contribution in [0, 0.1) is 0 Å². The van der Waals surface area contributed by atoms with Gasteiger partial charge >= 0.3 is 0 Å². The zero-order chi connectivity index (χ0) is 13.4. The van der Waals surface area contributed by atoms with E-state index >= 15 is 0 Å². The van der Waals surface area contributed by atoms with Crippen LogP contribution >= 0.6 is 0 Å². The molecule has 1 atom stereocenters. The minimum Gasteiger partial charge on any atom is -0.356 e. The van der Waals surface area contributed by atoms with Gasteiger partial charge in [0.25, 0.3) is 0 Å². The molecule has 100 valence electrons. The maximum atomic E-state index is 12.2. The molecule has 0 aliphatic rings. The van der Waals surface area contributed by atoms with Gasteiger partial charge in [0.2, 0.25) is 5.91 Å². The summed E-state index contributed by atoms with van der Waals surface area (Å²) in [5.41, 5.74) is 1.10. The third-order valence-electron chi connectivity index (χ3n) is 2.93. The highest BCUT2D eigenvalue weighted by Gasteiger charge is 2.19. The first-order valence-corrected chi connectivity index (χ1v) is 6.62. The van der Waals surface area contributed by atoms with E-state index in [1.54, 1.807) is 0 Å². The van der Waals surface area contributed by atoms with E-state index in [0.717, 1.165) is 31.5 Å². The van der Waals surface area contributed by atoms with Crippen LogP contribution in [0.4, 0.5) is 0 Å². The number of benzene rings is 1. The fourth-order valence-corrected chi connectivity index (χ4v) is 1.89. The van der Waals surface area contributed by atoms with Crippen LogP contribution in [0.3, 0.4) is 0 Å². The average Bonchev–Trinajstić information content (AvgIpc) is 2.37. The Morgan fingerprint density at radius 2 is 1.94 bits per heavy atom. The third-order valence-corrected chi connectivity index (χ3v) is 2.93. The molecule has 1 N–H and O–H groups in total. The Kier molecular flexibility index (Phi) is 6.44. The number of rotatable bonds is 7. The molecule has 1 amide bonds. The first-order valence-electron chi connectivity index (χ1n) is 6.62.